The second-order valence-electron chi connectivity index (χ2n) is 7.37. The van der Waals surface area contributed by atoms with E-state index < -0.39 is 10.5 Å². The molecule has 0 bridgehead atoms. The van der Waals surface area contributed by atoms with Gasteiger partial charge in [-0.25, -0.2) is 4.79 Å². The number of aromatic nitrogens is 3. The molecular formula is C19H27N5O4. The molecule has 28 heavy (non-hydrogen) atoms. The predicted molar refractivity (Wildman–Crippen MR) is 105 cm³/mol. The fourth-order valence-corrected chi connectivity index (χ4v) is 2.65. The lowest BCUT2D eigenvalue weighted by molar-refractivity contribution is -0.385. The molecule has 9 nitrogen and oxygen atoms in total. The van der Waals surface area contributed by atoms with Gasteiger partial charge in [0, 0.05) is 30.6 Å². The average Bonchev–Trinajstić information content (AvgIpc) is 3.03. The number of likely N-dealkylation sites (tertiary alicyclic amines) is 1. The largest absolute Gasteiger partial charge is 0.444 e. The number of carbonyl (C=O) groups excluding carboxylic acids is 1. The zero-order valence-corrected chi connectivity index (χ0v) is 17.2. The summed E-state index contributed by atoms with van der Waals surface area (Å²) in [5.74, 6) is 0.0803. The van der Waals surface area contributed by atoms with Gasteiger partial charge in [0.25, 0.3) is 5.69 Å². The summed E-state index contributed by atoms with van der Waals surface area (Å²) < 4.78 is 5.33. The number of aryl methyl sites for hydroxylation is 1. The summed E-state index contributed by atoms with van der Waals surface area (Å²) in [4.78, 5) is 25.6. The first kappa shape index (κ1) is 21.3. The van der Waals surface area contributed by atoms with Crippen LogP contribution in [0.2, 0.25) is 0 Å². The van der Waals surface area contributed by atoms with E-state index in [0.29, 0.717) is 24.3 Å². The molecule has 1 aromatic heterocycles. The average molecular weight is 389 g/mol. The van der Waals surface area contributed by atoms with E-state index in [0.717, 1.165) is 5.69 Å². The van der Waals surface area contributed by atoms with Crippen molar-refractivity contribution in [2.45, 2.75) is 53.1 Å². The van der Waals surface area contributed by atoms with E-state index in [1.165, 1.54) is 10.9 Å². The summed E-state index contributed by atoms with van der Waals surface area (Å²) >= 11 is 0. The number of hydrogen-bond acceptors (Lipinski definition) is 6. The predicted octanol–water partition coefficient (Wildman–Crippen LogP) is 3.84. The Labute approximate surface area is 164 Å². The second kappa shape index (κ2) is 8.37. The molecule has 152 valence electrons. The van der Waals surface area contributed by atoms with Crippen LogP contribution in [0.15, 0.2) is 24.4 Å². The number of benzene rings is 1. The van der Waals surface area contributed by atoms with Gasteiger partial charge in [0.1, 0.15) is 5.60 Å². The third kappa shape index (κ3) is 4.85. The van der Waals surface area contributed by atoms with Gasteiger partial charge in [0.2, 0.25) is 0 Å². The van der Waals surface area contributed by atoms with Crippen molar-refractivity contribution < 1.29 is 14.5 Å². The van der Waals surface area contributed by atoms with Crippen LogP contribution in [0.25, 0.3) is 5.69 Å². The Balaban J connectivity index is 0.00000136. The van der Waals surface area contributed by atoms with E-state index in [4.69, 9.17) is 4.74 Å². The molecule has 9 heteroatoms. The first-order chi connectivity index (χ1) is 13.1. The van der Waals surface area contributed by atoms with Crippen molar-refractivity contribution in [1.82, 2.24) is 19.9 Å². The van der Waals surface area contributed by atoms with Crippen molar-refractivity contribution >= 4 is 11.8 Å². The number of nitrogens with zero attached hydrogens (tertiary/aromatic N) is 5. The summed E-state index contributed by atoms with van der Waals surface area (Å²) in [6.07, 6.45) is 1.29. The lowest BCUT2D eigenvalue weighted by atomic mass is 9.98. The molecular weight excluding hydrogens is 362 g/mol. The van der Waals surface area contributed by atoms with Crippen LogP contribution < -0.4 is 0 Å². The van der Waals surface area contributed by atoms with Gasteiger partial charge in [-0.2, -0.15) is 15.0 Å². The number of ether oxygens (including phenoxy) is 1. The summed E-state index contributed by atoms with van der Waals surface area (Å²) in [5.41, 5.74) is 1.36. The molecule has 2 aromatic rings. The lowest BCUT2D eigenvalue weighted by Crippen LogP contribution is -2.50. The summed E-state index contributed by atoms with van der Waals surface area (Å²) in [5, 5.41) is 19.7. The van der Waals surface area contributed by atoms with Crippen molar-refractivity contribution in [3.8, 4) is 5.69 Å². The van der Waals surface area contributed by atoms with Gasteiger partial charge in [0.15, 0.2) is 0 Å². The van der Waals surface area contributed by atoms with Crippen molar-refractivity contribution in [3.63, 3.8) is 0 Å². The highest BCUT2D eigenvalue weighted by Crippen LogP contribution is 2.27. The third-order valence-electron chi connectivity index (χ3n) is 4.08. The van der Waals surface area contributed by atoms with Gasteiger partial charge >= 0.3 is 6.09 Å². The van der Waals surface area contributed by atoms with E-state index in [1.807, 2.05) is 34.6 Å². The highest BCUT2D eigenvalue weighted by Gasteiger charge is 2.36. The molecule has 0 radical (unpaired) electrons. The monoisotopic (exact) mass is 389 g/mol. The normalized spacial score (nSPS) is 14.0. The third-order valence-corrected chi connectivity index (χ3v) is 4.08. The Morgan fingerprint density at radius 3 is 2.50 bits per heavy atom. The van der Waals surface area contributed by atoms with Crippen molar-refractivity contribution in [3.05, 3.63) is 45.8 Å². The minimum Gasteiger partial charge on any atom is -0.444 e. The van der Waals surface area contributed by atoms with E-state index >= 15 is 0 Å². The molecule has 1 aliphatic rings. The molecule has 1 amide bonds. The van der Waals surface area contributed by atoms with Crippen LogP contribution in [-0.2, 0) is 4.74 Å². The van der Waals surface area contributed by atoms with Gasteiger partial charge in [-0.05, 0) is 33.8 Å². The molecule has 1 aromatic carbocycles. The smallest absolute Gasteiger partial charge is 0.410 e. The number of amides is 1. The summed E-state index contributed by atoms with van der Waals surface area (Å²) in [7, 11) is 0. The quantitative estimate of drug-likeness (QED) is 0.583. The fourth-order valence-electron chi connectivity index (χ4n) is 2.65. The van der Waals surface area contributed by atoms with Crippen LogP contribution >= 0.6 is 0 Å². The minimum absolute atomic E-state index is 0.0288. The number of carbonyl (C=O) groups is 1. The van der Waals surface area contributed by atoms with Gasteiger partial charge < -0.3 is 9.64 Å². The zero-order valence-electron chi connectivity index (χ0n) is 17.2. The number of nitro groups is 1. The maximum Gasteiger partial charge on any atom is 0.410 e. The van der Waals surface area contributed by atoms with E-state index in [9.17, 15) is 14.9 Å². The molecule has 0 atom stereocenters. The lowest BCUT2D eigenvalue weighted by Gasteiger charge is -2.38. The molecule has 3 rings (SSSR count). The van der Waals surface area contributed by atoms with Crippen LogP contribution in [0.1, 0.15) is 51.8 Å². The molecule has 0 spiro atoms. The van der Waals surface area contributed by atoms with Crippen LogP contribution in [0.4, 0.5) is 10.5 Å². The van der Waals surface area contributed by atoms with E-state index in [-0.39, 0.29) is 17.7 Å². The van der Waals surface area contributed by atoms with Crippen LogP contribution in [-0.4, -0.2) is 49.6 Å². The Morgan fingerprint density at radius 1 is 1.29 bits per heavy atom. The maximum atomic E-state index is 12.0. The Hall–Kier alpha value is -2.97. The molecule has 1 saturated heterocycles. The SMILES string of the molecule is CC.Cc1ccc(-n2ncc(C3CN(C(=O)OC(C)(C)C)C3)n2)cc1[N+](=O)[O-]. The Morgan fingerprint density at radius 2 is 1.93 bits per heavy atom. The standard InChI is InChI=1S/C17H21N5O4.C2H6/c1-11-5-6-13(7-15(11)22(24)25)21-18-8-14(19-21)12-9-20(10-12)16(23)26-17(2,3)4;1-2/h5-8,12H,9-10H2,1-4H3;1-2H3. The molecule has 0 N–H and O–H groups in total. The number of nitro benzene ring substituents is 1. The Bertz CT molecular complexity index is 850. The molecule has 2 heterocycles. The van der Waals surface area contributed by atoms with Gasteiger partial charge in [-0.3, -0.25) is 10.1 Å². The molecule has 1 fully saturated rings. The zero-order chi connectivity index (χ0) is 21.1. The van der Waals surface area contributed by atoms with Crippen molar-refractivity contribution in [2.24, 2.45) is 0 Å². The second-order valence-corrected chi connectivity index (χ2v) is 7.37. The van der Waals surface area contributed by atoms with Crippen molar-refractivity contribution in [2.75, 3.05) is 13.1 Å². The highest BCUT2D eigenvalue weighted by molar-refractivity contribution is 5.69. The van der Waals surface area contributed by atoms with Crippen LogP contribution in [0, 0.1) is 17.0 Å². The van der Waals surface area contributed by atoms with E-state index in [2.05, 4.69) is 10.2 Å². The minimum atomic E-state index is -0.522. The first-order valence-electron chi connectivity index (χ1n) is 9.29. The van der Waals surface area contributed by atoms with Crippen LogP contribution in [0.3, 0.4) is 0 Å². The molecule has 0 aliphatic carbocycles. The maximum absolute atomic E-state index is 12.0. The van der Waals surface area contributed by atoms with Gasteiger partial charge in [0.05, 0.1) is 22.5 Å². The topological polar surface area (TPSA) is 103 Å². The first-order valence-corrected chi connectivity index (χ1v) is 9.29. The van der Waals surface area contributed by atoms with Crippen LogP contribution in [0.5, 0.6) is 0 Å². The highest BCUT2D eigenvalue weighted by atomic mass is 16.6. The number of hydrogen-bond donors (Lipinski definition) is 0. The number of rotatable bonds is 3. The Kier molecular flexibility index (Phi) is 6.37. The molecule has 1 aliphatic heterocycles. The van der Waals surface area contributed by atoms with Crippen molar-refractivity contribution in [1.29, 1.82) is 0 Å². The fraction of sp³-hybridized carbons (Fsp3) is 0.526. The molecule has 0 unspecified atom stereocenters. The summed E-state index contributed by atoms with van der Waals surface area (Å²) in [6.45, 7) is 12.2. The summed E-state index contributed by atoms with van der Waals surface area (Å²) in [6, 6.07) is 4.86. The molecule has 0 saturated carbocycles. The van der Waals surface area contributed by atoms with Gasteiger partial charge in [-0.1, -0.05) is 19.9 Å². The van der Waals surface area contributed by atoms with E-state index in [1.54, 1.807) is 30.2 Å². The van der Waals surface area contributed by atoms with Gasteiger partial charge in [-0.15, -0.1) is 0 Å².